The lowest BCUT2D eigenvalue weighted by Crippen LogP contribution is -2.31. The number of aromatic amines is 1. The lowest BCUT2D eigenvalue weighted by atomic mass is 10.1. The fourth-order valence-electron chi connectivity index (χ4n) is 2.24. The molecule has 0 saturated heterocycles. The second-order valence-electron chi connectivity index (χ2n) is 4.61. The minimum Gasteiger partial charge on any atom is -0.274 e. The first-order valence-electron chi connectivity index (χ1n) is 6.27. The number of fused-ring (bicyclic) bond motifs is 1. The highest BCUT2D eigenvalue weighted by atomic mass is 19.2. The summed E-state index contributed by atoms with van der Waals surface area (Å²) in [5, 5.41) is 6.36. The van der Waals surface area contributed by atoms with Crippen LogP contribution in [-0.2, 0) is 6.42 Å². The largest absolute Gasteiger partial charge is 0.274 e. The standard InChI is InChI=1S/C13H10F2N4O2/c14-9-4-7-8(5-10(9)15)13(21)19(12(7)20)3-1-2-11-16-6-17-18-11/h4-6H,1-3H2,(H,16,17,18). The maximum atomic E-state index is 13.2. The number of aryl methyl sites for hydroxylation is 1. The molecule has 1 aliphatic heterocycles. The molecule has 3 rings (SSSR count). The van der Waals surface area contributed by atoms with Gasteiger partial charge in [-0.2, -0.15) is 5.10 Å². The van der Waals surface area contributed by atoms with E-state index in [9.17, 15) is 18.4 Å². The number of H-pyrrole nitrogens is 1. The van der Waals surface area contributed by atoms with Gasteiger partial charge in [0, 0.05) is 13.0 Å². The van der Waals surface area contributed by atoms with Crippen molar-refractivity contribution in [3.63, 3.8) is 0 Å². The summed E-state index contributed by atoms with van der Waals surface area (Å²) in [5.74, 6) is -2.85. The molecule has 0 saturated carbocycles. The maximum absolute atomic E-state index is 13.2. The molecule has 21 heavy (non-hydrogen) atoms. The van der Waals surface area contributed by atoms with Crippen molar-refractivity contribution < 1.29 is 18.4 Å². The van der Waals surface area contributed by atoms with Gasteiger partial charge in [-0.15, -0.1) is 0 Å². The summed E-state index contributed by atoms with van der Waals surface area (Å²) in [4.78, 5) is 29.0. The Labute approximate surface area is 117 Å². The van der Waals surface area contributed by atoms with Crippen LogP contribution in [0.5, 0.6) is 0 Å². The van der Waals surface area contributed by atoms with Crippen LogP contribution in [0.1, 0.15) is 33.0 Å². The molecule has 0 spiro atoms. The minimum atomic E-state index is -1.14. The highest BCUT2D eigenvalue weighted by Crippen LogP contribution is 2.25. The third-order valence-corrected chi connectivity index (χ3v) is 3.27. The molecule has 0 unspecified atom stereocenters. The first kappa shape index (κ1) is 13.3. The van der Waals surface area contributed by atoms with Crippen LogP contribution in [0.25, 0.3) is 0 Å². The first-order valence-corrected chi connectivity index (χ1v) is 6.27. The number of imide groups is 1. The highest BCUT2D eigenvalue weighted by Gasteiger charge is 2.36. The van der Waals surface area contributed by atoms with Crippen LogP contribution in [0.2, 0.25) is 0 Å². The summed E-state index contributed by atoms with van der Waals surface area (Å²) in [6, 6.07) is 1.53. The minimum absolute atomic E-state index is 0.0986. The van der Waals surface area contributed by atoms with Gasteiger partial charge in [0.25, 0.3) is 11.8 Å². The highest BCUT2D eigenvalue weighted by molar-refractivity contribution is 6.21. The average Bonchev–Trinajstić information content (AvgIpc) is 3.04. The number of amides is 2. The molecule has 8 heteroatoms. The number of aromatic nitrogens is 3. The van der Waals surface area contributed by atoms with Crippen molar-refractivity contribution >= 4 is 11.8 Å². The van der Waals surface area contributed by atoms with E-state index < -0.39 is 23.4 Å². The zero-order valence-electron chi connectivity index (χ0n) is 10.8. The van der Waals surface area contributed by atoms with Gasteiger partial charge in [0.05, 0.1) is 11.1 Å². The van der Waals surface area contributed by atoms with Gasteiger partial charge in [0.15, 0.2) is 11.6 Å². The van der Waals surface area contributed by atoms with Crippen LogP contribution in [0, 0.1) is 11.6 Å². The Balaban J connectivity index is 1.73. The molecule has 0 bridgehead atoms. The second kappa shape index (κ2) is 5.04. The fraction of sp³-hybridized carbons (Fsp3) is 0.231. The normalized spacial score (nSPS) is 13.9. The summed E-state index contributed by atoms with van der Waals surface area (Å²) >= 11 is 0. The smallest absolute Gasteiger partial charge is 0.261 e. The Kier molecular flexibility index (Phi) is 3.20. The first-order chi connectivity index (χ1) is 10.1. The lowest BCUT2D eigenvalue weighted by molar-refractivity contribution is 0.0652. The van der Waals surface area contributed by atoms with E-state index in [4.69, 9.17) is 0 Å². The number of hydrogen-bond acceptors (Lipinski definition) is 4. The topological polar surface area (TPSA) is 79.0 Å². The van der Waals surface area contributed by atoms with Crippen LogP contribution in [0.3, 0.4) is 0 Å². The number of carbonyl (C=O) groups is 2. The van der Waals surface area contributed by atoms with Gasteiger partial charge in [0.1, 0.15) is 12.2 Å². The van der Waals surface area contributed by atoms with Crippen molar-refractivity contribution in [3.8, 4) is 0 Å². The number of hydrogen-bond donors (Lipinski definition) is 1. The van der Waals surface area contributed by atoms with Crippen LogP contribution in [-0.4, -0.2) is 38.4 Å². The third-order valence-electron chi connectivity index (χ3n) is 3.27. The Morgan fingerprint density at radius 3 is 2.24 bits per heavy atom. The van der Waals surface area contributed by atoms with Crippen molar-refractivity contribution in [1.29, 1.82) is 0 Å². The zero-order chi connectivity index (χ0) is 15.0. The zero-order valence-corrected chi connectivity index (χ0v) is 10.8. The molecule has 1 aromatic heterocycles. The SMILES string of the molecule is O=C1c2cc(F)c(F)cc2C(=O)N1CCCc1ncn[nH]1. The van der Waals surface area contributed by atoms with E-state index in [2.05, 4.69) is 15.2 Å². The van der Waals surface area contributed by atoms with Gasteiger partial charge in [-0.25, -0.2) is 13.8 Å². The van der Waals surface area contributed by atoms with Crippen molar-refractivity contribution in [1.82, 2.24) is 20.1 Å². The Bertz CT molecular complexity index is 674. The van der Waals surface area contributed by atoms with Crippen LogP contribution in [0.15, 0.2) is 18.5 Å². The van der Waals surface area contributed by atoms with E-state index in [0.29, 0.717) is 18.7 Å². The summed E-state index contributed by atoms with van der Waals surface area (Å²) in [5.41, 5.74) is -0.197. The molecule has 108 valence electrons. The van der Waals surface area contributed by atoms with E-state index in [1.165, 1.54) is 6.33 Å². The summed E-state index contributed by atoms with van der Waals surface area (Å²) in [6.45, 7) is 0.149. The summed E-state index contributed by atoms with van der Waals surface area (Å²) in [6.07, 6.45) is 2.35. The number of carbonyl (C=O) groups excluding carboxylic acids is 2. The van der Waals surface area contributed by atoms with Crippen molar-refractivity contribution in [3.05, 3.63) is 47.0 Å². The Morgan fingerprint density at radius 2 is 1.71 bits per heavy atom. The molecule has 1 N–H and O–H groups in total. The molecule has 0 fully saturated rings. The lowest BCUT2D eigenvalue weighted by Gasteiger charge is -2.12. The molecule has 0 radical (unpaired) electrons. The van der Waals surface area contributed by atoms with E-state index in [1.54, 1.807) is 0 Å². The van der Waals surface area contributed by atoms with Gasteiger partial charge >= 0.3 is 0 Å². The van der Waals surface area contributed by atoms with Crippen LogP contribution >= 0.6 is 0 Å². The molecular formula is C13H10F2N4O2. The monoisotopic (exact) mass is 292 g/mol. The van der Waals surface area contributed by atoms with Gasteiger partial charge in [0.2, 0.25) is 0 Å². The number of nitrogens with one attached hydrogen (secondary N) is 1. The van der Waals surface area contributed by atoms with Gasteiger partial charge < -0.3 is 0 Å². The third kappa shape index (κ3) is 2.28. The molecule has 0 aliphatic carbocycles. The van der Waals surface area contributed by atoms with Crippen LogP contribution in [0.4, 0.5) is 8.78 Å². The number of benzene rings is 1. The molecular weight excluding hydrogens is 282 g/mol. The summed E-state index contributed by atoms with van der Waals surface area (Å²) < 4.78 is 26.3. The van der Waals surface area contributed by atoms with Crippen LogP contribution < -0.4 is 0 Å². The van der Waals surface area contributed by atoms with Gasteiger partial charge in [-0.05, 0) is 18.6 Å². The molecule has 2 heterocycles. The van der Waals surface area contributed by atoms with E-state index in [-0.39, 0.29) is 17.7 Å². The van der Waals surface area contributed by atoms with E-state index in [0.717, 1.165) is 17.0 Å². The Hall–Kier alpha value is -2.64. The number of rotatable bonds is 4. The van der Waals surface area contributed by atoms with Gasteiger partial charge in [-0.1, -0.05) is 0 Å². The number of nitrogens with zero attached hydrogens (tertiary/aromatic N) is 3. The summed E-state index contributed by atoms with van der Waals surface area (Å²) in [7, 11) is 0. The molecule has 1 aliphatic rings. The number of halogens is 2. The molecule has 0 atom stereocenters. The predicted octanol–water partition coefficient (Wildman–Crippen LogP) is 1.31. The van der Waals surface area contributed by atoms with E-state index >= 15 is 0 Å². The molecule has 1 aromatic carbocycles. The quantitative estimate of drug-likeness (QED) is 0.862. The van der Waals surface area contributed by atoms with Crippen molar-refractivity contribution in [2.75, 3.05) is 6.54 Å². The maximum Gasteiger partial charge on any atom is 0.261 e. The molecule has 2 aromatic rings. The van der Waals surface area contributed by atoms with Gasteiger partial charge in [-0.3, -0.25) is 19.6 Å². The fourth-order valence-corrected chi connectivity index (χ4v) is 2.24. The van der Waals surface area contributed by atoms with E-state index in [1.807, 2.05) is 0 Å². The molecule has 6 nitrogen and oxygen atoms in total. The van der Waals surface area contributed by atoms with Crippen molar-refractivity contribution in [2.24, 2.45) is 0 Å². The second-order valence-corrected chi connectivity index (χ2v) is 4.61. The molecule has 2 amide bonds. The predicted molar refractivity (Wildman–Crippen MR) is 66.4 cm³/mol. The Morgan fingerprint density at radius 1 is 1.10 bits per heavy atom. The average molecular weight is 292 g/mol. The van der Waals surface area contributed by atoms with Crippen molar-refractivity contribution in [2.45, 2.75) is 12.8 Å².